The molecule has 0 saturated carbocycles. The Balaban J connectivity index is 0.780. The number of halogens is 1. The molecule has 23 heteroatoms. The van der Waals surface area contributed by atoms with Crippen molar-refractivity contribution in [2.45, 2.75) is 76.9 Å². The van der Waals surface area contributed by atoms with E-state index >= 15 is 4.39 Å². The minimum atomic E-state index is -2.08. The molecule has 77 heavy (non-hydrogen) atoms. The zero-order chi connectivity index (χ0) is 54.9. The number of fused-ring (bicyclic) bond motifs is 5. The molecule has 22 nitrogen and oxygen atoms in total. The number of hydrogen-bond donors (Lipinski definition) is 6. The number of esters is 2. The van der Waals surface area contributed by atoms with Crippen LogP contribution in [0.3, 0.4) is 0 Å². The van der Waals surface area contributed by atoms with E-state index in [1.54, 1.807) is 57.2 Å². The second-order valence-corrected chi connectivity index (χ2v) is 19.0. The molecular formula is C54H51FN8O14. The first-order valence-electron chi connectivity index (χ1n) is 24.5. The number of aromatic nitrogens is 2. The van der Waals surface area contributed by atoms with Crippen LogP contribution in [0.5, 0.6) is 0 Å². The number of ether oxygens (including phenoxy) is 3. The summed E-state index contributed by atoms with van der Waals surface area (Å²) in [6.45, 7) is 1.78. The molecule has 5 aromatic rings. The molecule has 0 saturated heterocycles. The molecule has 2 aromatic heterocycles. The Labute approximate surface area is 437 Å². The lowest BCUT2D eigenvalue weighted by atomic mass is 9.76. The molecule has 0 spiro atoms. The van der Waals surface area contributed by atoms with Crippen LogP contribution in [0.1, 0.15) is 76.0 Å². The van der Waals surface area contributed by atoms with Gasteiger partial charge in [0.05, 0.1) is 54.3 Å². The van der Waals surface area contributed by atoms with Gasteiger partial charge in [-0.2, -0.15) is 0 Å². The van der Waals surface area contributed by atoms with Crippen molar-refractivity contribution in [3.8, 4) is 11.4 Å². The maximum absolute atomic E-state index is 15.4. The van der Waals surface area contributed by atoms with E-state index < -0.39 is 115 Å². The molecule has 3 atom stereocenters. The summed E-state index contributed by atoms with van der Waals surface area (Å²) in [6.07, 6.45) is 2.66. The Morgan fingerprint density at radius 3 is 2.31 bits per heavy atom. The molecule has 4 aliphatic rings. The van der Waals surface area contributed by atoms with E-state index in [4.69, 9.17) is 19.2 Å². The van der Waals surface area contributed by atoms with Crippen molar-refractivity contribution in [1.82, 2.24) is 36.1 Å². The van der Waals surface area contributed by atoms with Crippen molar-refractivity contribution in [2.24, 2.45) is 0 Å². The van der Waals surface area contributed by atoms with Crippen molar-refractivity contribution in [3.05, 3.63) is 140 Å². The third-order valence-electron chi connectivity index (χ3n) is 14.0. The average molecular weight is 1060 g/mol. The number of nitrogens with zero attached hydrogens (tertiary/aromatic N) is 3. The number of cyclic esters (lactones) is 1. The van der Waals surface area contributed by atoms with Gasteiger partial charge in [0.1, 0.15) is 37.4 Å². The van der Waals surface area contributed by atoms with Crippen LogP contribution in [0, 0.1) is 12.7 Å². The first kappa shape index (κ1) is 52.9. The standard InChI is InChI=1S/C54H51FN8O14/c1-4-54(74)35-19-39-48-33(24-62(39)51(72)34(35)25-76-52(54)73)47-46-32(28(2)36(55)20-37(46)61-48)15-16-53(47,3)77-45(69)26-75-27-59-41(65)22-58-50(71)38(17-29-9-6-5-7-10-29)60-42(66)23-56-40(64)21-57-49(70)30-11-8-12-31(18-30)63-43(67)13-14-44(63)68/h5-14,18-20,38,74H,4,15-17,21-27H2,1-3H3,(H,56,64)(H,57,70)(H,58,71)(H,59,65)(H,60,66)/t38-,53-,54-/m0/s1. The van der Waals surface area contributed by atoms with Crippen molar-refractivity contribution in [2.75, 3.05) is 37.9 Å². The summed E-state index contributed by atoms with van der Waals surface area (Å²) >= 11 is 0. The van der Waals surface area contributed by atoms with Crippen LogP contribution in [-0.4, -0.2) is 107 Å². The van der Waals surface area contributed by atoms with Crippen molar-refractivity contribution < 1.29 is 66.9 Å². The Morgan fingerprint density at radius 1 is 0.857 bits per heavy atom. The van der Waals surface area contributed by atoms with Crippen molar-refractivity contribution >= 4 is 69.9 Å². The quantitative estimate of drug-likeness (QED) is 0.0305. The smallest absolute Gasteiger partial charge is 0.343 e. The predicted molar refractivity (Wildman–Crippen MR) is 268 cm³/mol. The average Bonchev–Trinajstić information content (AvgIpc) is 4.09. The van der Waals surface area contributed by atoms with Crippen LogP contribution in [0.2, 0.25) is 0 Å². The largest absolute Gasteiger partial charge is 0.458 e. The highest BCUT2D eigenvalue weighted by molar-refractivity contribution is 6.28. The first-order valence-corrected chi connectivity index (χ1v) is 24.5. The predicted octanol–water partition coefficient (Wildman–Crippen LogP) is 1.14. The summed E-state index contributed by atoms with van der Waals surface area (Å²) in [5.74, 6) is -7.01. The molecule has 0 radical (unpaired) electrons. The number of hydrogen-bond acceptors (Lipinski definition) is 15. The minimum Gasteiger partial charge on any atom is -0.458 e. The Kier molecular flexibility index (Phi) is 14.7. The van der Waals surface area contributed by atoms with E-state index in [0.29, 0.717) is 45.3 Å². The van der Waals surface area contributed by atoms with Crippen LogP contribution in [0.4, 0.5) is 10.1 Å². The van der Waals surface area contributed by atoms with Crippen LogP contribution in [0.25, 0.3) is 22.3 Å². The van der Waals surface area contributed by atoms with E-state index in [1.165, 1.54) is 34.9 Å². The molecule has 398 valence electrons. The topological polar surface area (TPSA) is 300 Å². The molecule has 9 rings (SSSR count). The fraction of sp³-hybridized carbons (Fsp3) is 0.315. The number of amides is 7. The van der Waals surface area contributed by atoms with Crippen LogP contribution < -0.4 is 37.0 Å². The highest BCUT2D eigenvalue weighted by Crippen LogP contribution is 2.49. The maximum Gasteiger partial charge on any atom is 0.343 e. The molecule has 1 aliphatic carbocycles. The third-order valence-corrected chi connectivity index (χ3v) is 14.0. The second kappa shape index (κ2) is 21.3. The van der Waals surface area contributed by atoms with E-state index in [9.17, 15) is 53.1 Å². The molecule has 0 fully saturated rings. The normalized spacial score (nSPS) is 18.1. The SMILES string of the molecule is CC[C@@]1(O)C(=O)OCc2c1cc1n(c2=O)Cc2c-1nc1cc(F)c(C)c3c1c2[C@@](C)(OC(=O)COCNC(=O)CNC(=O)[C@H](Cc1ccccc1)NC(=O)CNC(=O)CNC(=O)c1cccc(N2C(=O)C=CC2=O)c1)CC3. The van der Waals surface area contributed by atoms with E-state index in [1.807, 2.05) is 0 Å². The maximum atomic E-state index is 15.4. The number of carbonyl (C=O) groups excluding carboxylic acids is 9. The van der Waals surface area contributed by atoms with Gasteiger partial charge in [-0.15, -0.1) is 0 Å². The fourth-order valence-electron chi connectivity index (χ4n) is 10.0. The van der Waals surface area contributed by atoms with Gasteiger partial charge in [0.2, 0.25) is 23.6 Å². The monoisotopic (exact) mass is 1050 g/mol. The van der Waals surface area contributed by atoms with E-state index in [-0.39, 0.29) is 66.0 Å². The summed E-state index contributed by atoms with van der Waals surface area (Å²) < 4.78 is 33.7. The number of aryl methyl sites for hydroxylation is 1. The van der Waals surface area contributed by atoms with Gasteiger partial charge in [0.25, 0.3) is 23.3 Å². The molecule has 3 aliphatic heterocycles. The summed E-state index contributed by atoms with van der Waals surface area (Å²) in [5.41, 5.74) is 0.129. The number of rotatable bonds is 18. The number of aliphatic hydroxyl groups is 1. The molecular weight excluding hydrogens is 1000 g/mol. The van der Waals surface area contributed by atoms with Gasteiger partial charge < -0.3 is 50.5 Å². The van der Waals surface area contributed by atoms with Gasteiger partial charge in [-0.1, -0.05) is 43.3 Å². The summed E-state index contributed by atoms with van der Waals surface area (Å²) in [4.78, 5) is 135. The molecule has 3 aromatic carbocycles. The van der Waals surface area contributed by atoms with Gasteiger partial charge >= 0.3 is 11.9 Å². The zero-order valence-electron chi connectivity index (χ0n) is 41.8. The van der Waals surface area contributed by atoms with E-state index in [2.05, 4.69) is 26.6 Å². The first-order chi connectivity index (χ1) is 36.8. The molecule has 0 bridgehead atoms. The van der Waals surface area contributed by atoms with Crippen molar-refractivity contribution in [3.63, 3.8) is 0 Å². The second-order valence-electron chi connectivity index (χ2n) is 19.0. The van der Waals surface area contributed by atoms with Crippen LogP contribution in [0.15, 0.2) is 83.7 Å². The summed E-state index contributed by atoms with van der Waals surface area (Å²) in [5, 5.41) is 24.2. The number of carbonyl (C=O) groups is 9. The summed E-state index contributed by atoms with van der Waals surface area (Å²) in [7, 11) is 0. The summed E-state index contributed by atoms with van der Waals surface area (Å²) in [6, 6.07) is 15.9. The van der Waals surface area contributed by atoms with Crippen LogP contribution in [-0.2, 0) is 89.8 Å². The zero-order valence-corrected chi connectivity index (χ0v) is 41.8. The highest BCUT2D eigenvalue weighted by atomic mass is 19.1. The lowest BCUT2D eigenvalue weighted by Crippen LogP contribution is -2.52. The highest BCUT2D eigenvalue weighted by Gasteiger charge is 2.47. The van der Waals surface area contributed by atoms with Gasteiger partial charge in [-0.05, 0) is 74.1 Å². The number of nitrogens with one attached hydrogen (secondary N) is 5. The van der Waals surface area contributed by atoms with Gasteiger partial charge in [0, 0.05) is 52.3 Å². The number of imide groups is 1. The Hall–Kier alpha value is -8.96. The lowest BCUT2D eigenvalue weighted by molar-refractivity contribution is -0.172. The van der Waals surface area contributed by atoms with Gasteiger partial charge in [0.15, 0.2) is 5.60 Å². The van der Waals surface area contributed by atoms with Gasteiger partial charge in [-0.3, -0.25) is 38.4 Å². The number of pyridine rings is 2. The van der Waals surface area contributed by atoms with Crippen molar-refractivity contribution in [1.29, 1.82) is 0 Å². The molecule has 6 N–H and O–H groups in total. The van der Waals surface area contributed by atoms with Crippen LogP contribution >= 0.6 is 0 Å². The third kappa shape index (κ3) is 10.4. The fourth-order valence-corrected chi connectivity index (χ4v) is 10.0. The lowest BCUT2D eigenvalue weighted by Gasteiger charge is -2.37. The Bertz CT molecular complexity index is 3430. The number of anilines is 1. The van der Waals surface area contributed by atoms with Gasteiger partial charge in [-0.25, -0.2) is 23.9 Å². The Morgan fingerprint density at radius 2 is 1.57 bits per heavy atom. The molecule has 0 unspecified atom stereocenters. The number of benzene rings is 3. The molecule has 5 heterocycles. The minimum absolute atomic E-state index is 0.00202. The molecule has 7 amide bonds. The van der Waals surface area contributed by atoms with E-state index in [0.717, 1.165) is 17.1 Å².